The van der Waals surface area contributed by atoms with Gasteiger partial charge in [0.25, 0.3) is 0 Å². The van der Waals surface area contributed by atoms with Crippen LogP contribution in [-0.2, 0) is 35.2 Å². The van der Waals surface area contributed by atoms with Crippen LogP contribution in [0, 0.1) is 117 Å². The van der Waals surface area contributed by atoms with Crippen molar-refractivity contribution in [2.75, 3.05) is 0 Å². The van der Waals surface area contributed by atoms with Crippen LogP contribution in [0.25, 0.3) is 56.3 Å². The van der Waals surface area contributed by atoms with Gasteiger partial charge in [0.05, 0.1) is 0 Å². The molecule has 0 saturated carbocycles. The molecular formula is C77H94N5+5. The molecule has 0 saturated heterocycles. The van der Waals surface area contributed by atoms with Gasteiger partial charge in [-0.15, -0.1) is 0 Å². The standard InChI is InChI=1S/2C16H20N.3C15H18N/c1-11-6-8-15(13(3)10-11)16-9-7-12(2)14(4)17(16)5;1-11-6-7-15(13(3)8-11)16-10-12(2)9-14(4)17(16)5;1-11-5-7-14(13(3)9-11)15-8-6-12(2)10-16(15)4;1-11-5-6-14(13(3)9-11)15-10-12(2)7-8-16(15)4;1-11-7-8-14(13(3)10-11)15-12(2)6-5-9-16(15)4/h2*6-10H,1-5H3;3*5-10H,1-4H3/q5*+1/i1D3,2D3;1D3;1D3,2D3;2*1D3. The Balaban J connectivity index is 0.000000203. The highest BCUT2D eigenvalue weighted by atomic mass is 15.0. The van der Waals surface area contributed by atoms with E-state index < -0.39 is 48.0 Å². The molecule has 5 aromatic heterocycles. The number of hydrogen-bond acceptors (Lipinski definition) is 0. The molecule has 0 bridgehead atoms. The fourth-order valence-electron chi connectivity index (χ4n) is 9.97. The van der Waals surface area contributed by atoms with Crippen molar-refractivity contribution >= 4 is 0 Å². The first-order chi connectivity index (χ1) is 47.2. The van der Waals surface area contributed by atoms with Gasteiger partial charge in [-0.3, -0.25) is 0 Å². The van der Waals surface area contributed by atoms with Gasteiger partial charge in [-0.1, -0.05) is 88.5 Å². The Hall–Kier alpha value is -8.15. The summed E-state index contributed by atoms with van der Waals surface area (Å²) >= 11 is 0. The summed E-state index contributed by atoms with van der Waals surface area (Å²) < 4.78 is 167. The Kier molecular flexibility index (Phi) is 13.4. The highest BCUT2D eigenvalue weighted by Gasteiger charge is 2.19. The van der Waals surface area contributed by atoms with Crippen LogP contribution in [-0.4, -0.2) is 0 Å². The highest BCUT2D eigenvalue weighted by molar-refractivity contribution is 5.66. The Morgan fingerprint density at radius 3 is 1.18 bits per heavy atom. The quantitative estimate of drug-likeness (QED) is 0.153. The van der Waals surface area contributed by atoms with Gasteiger partial charge in [-0.25, -0.2) is 13.7 Å². The van der Waals surface area contributed by atoms with Crippen LogP contribution in [0.2, 0.25) is 0 Å². The number of aryl methyl sites for hydroxylation is 19. The third-order valence-electron chi connectivity index (χ3n) is 14.7. The zero-order chi connectivity index (χ0) is 77.8. The highest BCUT2D eigenvalue weighted by Crippen LogP contribution is 2.27. The third-order valence-corrected chi connectivity index (χ3v) is 14.7. The van der Waals surface area contributed by atoms with Crippen molar-refractivity contribution < 1.29 is 51.6 Å². The molecule has 5 heterocycles. The summed E-state index contributed by atoms with van der Waals surface area (Å²) in [4.78, 5) is 0. The maximum Gasteiger partial charge on any atom is 0.215 e. The second-order valence-corrected chi connectivity index (χ2v) is 21.3. The van der Waals surface area contributed by atoms with Gasteiger partial charge in [0.15, 0.2) is 30.0 Å². The predicted octanol–water partition coefficient (Wildman–Crippen LogP) is 16.1. The van der Waals surface area contributed by atoms with Crippen LogP contribution in [0.3, 0.4) is 0 Å². The molecule has 0 amide bonds. The molecule has 82 heavy (non-hydrogen) atoms. The van der Waals surface area contributed by atoms with Gasteiger partial charge in [0, 0.05) is 130 Å². The molecule has 5 heteroatoms. The van der Waals surface area contributed by atoms with Crippen LogP contribution >= 0.6 is 0 Å². The summed E-state index contributed by atoms with van der Waals surface area (Å²) in [6.07, 6.45) is 5.60. The van der Waals surface area contributed by atoms with Crippen LogP contribution in [0.15, 0.2) is 170 Å². The van der Waals surface area contributed by atoms with Crippen molar-refractivity contribution in [3.8, 4) is 56.3 Å². The van der Waals surface area contributed by atoms with E-state index in [2.05, 4.69) is 67.2 Å². The maximum absolute atomic E-state index is 7.58. The Morgan fingerprint density at radius 1 is 0.280 bits per heavy atom. The minimum atomic E-state index is -2.15. The van der Waals surface area contributed by atoms with Gasteiger partial charge < -0.3 is 0 Å². The molecule has 422 valence electrons. The van der Waals surface area contributed by atoms with Crippen molar-refractivity contribution in [1.82, 2.24) is 0 Å². The lowest BCUT2D eigenvalue weighted by molar-refractivity contribution is -0.667. The molecule has 0 aliphatic carbocycles. The lowest BCUT2D eigenvalue weighted by Gasteiger charge is -2.08. The largest absolute Gasteiger partial charge is 0.215 e. The van der Waals surface area contributed by atoms with Gasteiger partial charge in [-0.2, -0.15) is 9.13 Å². The lowest BCUT2D eigenvalue weighted by Crippen LogP contribution is -2.35. The van der Waals surface area contributed by atoms with E-state index in [-0.39, 0.29) is 5.56 Å². The first kappa shape index (κ1) is 39.3. The lowest BCUT2D eigenvalue weighted by atomic mass is 9.99. The van der Waals surface area contributed by atoms with Crippen LogP contribution in [0.5, 0.6) is 0 Å². The van der Waals surface area contributed by atoms with E-state index in [1.807, 2.05) is 109 Å². The molecule has 0 aliphatic rings. The first-order valence-electron chi connectivity index (χ1n) is 37.7. The summed E-state index contributed by atoms with van der Waals surface area (Å²) in [6.45, 7) is 4.92. The Bertz CT molecular complexity index is 4620. The molecule has 0 fully saturated rings. The van der Waals surface area contributed by atoms with Gasteiger partial charge in [0.2, 0.25) is 28.5 Å². The summed E-state index contributed by atoms with van der Waals surface area (Å²) in [6, 6.07) is 45.3. The normalized spacial score (nSPS) is 15.4. The molecule has 0 radical (unpaired) electrons. The van der Waals surface area contributed by atoms with E-state index in [1.165, 1.54) is 22.4 Å². The average Bonchev–Trinajstić information content (AvgIpc) is 0.748. The maximum atomic E-state index is 7.58. The fourth-order valence-corrected chi connectivity index (χ4v) is 9.97. The van der Waals surface area contributed by atoms with Gasteiger partial charge in [0.1, 0.15) is 35.2 Å². The van der Waals surface area contributed by atoms with Gasteiger partial charge in [-0.05, 0) is 191 Å². The van der Waals surface area contributed by atoms with E-state index in [0.717, 1.165) is 84.1 Å². The SMILES string of the molecule is [2H]C([2H])([2H])c1ccc(-c2c(C)ccc[n+]2C)c(C)c1.[2H]C([2H])([2H])c1ccc(-c2cc(C)cc(C)[n+]2C)c(C)c1.[2H]C([2H])([2H])c1ccc(-c2cc(C)cc[n+]2C)c(C)c1.[2H]C([2H])([2H])c1ccc(-c2ccc(C([2H])([2H])[2H])c(C)[n+]2C)c(C)c1.[2H]C([2H])([2H])c1ccc(-c2ccc(C([2H])([2H])[2H])c[n+]2C)c(C)c1. The molecular weight excluding hydrogens is 995 g/mol. The first-order valence-corrected chi connectivity index (χ1v) is 27.2. The van der Waals surface area contributed by atoms with Crippen LogP contribution in [0.1, 0.15) is 124 Å². The number of rotatable bonds is 5. The van der Waals surface area contributed by atoms with Gasteiger partial charge >= 0.3 is 0 Å². The number of hydrogen-bond donors (Lipinski definition) is 0. The third kappa shape index (κ3) is 16.1. The van der Waals surface area contributed by atoms with Crippen molar-refractivity contribution in [2.24, 2.45) is 35.2 Å². The Labute approximate surface area is 524 Å². The molecule has 10 aromatic rings. The molecule has 0 unspecified atom stereocenters. The minimum Gasteiger partial charge on any atom is -0.201 e. The van der Waals surface area contributed by atoms with E-state index in [1.54, 1.807) is 122 Å². The van der Waals surface area contributed by atoms with Crippen molar-refractivity contribution in [1.29, 1.82) is 0 Å². The molecule has 5 nitrogen and oxygen atoms in total. The summed E-state index contributed by atoms with van der Waals surface area (Å²) in [5.41, 5.74) is 22.4. The molecule has 0 atom stereocenters. The molecule has 10 rings (SSSR count). The predicted molar refractivity (Wildman–Crippen MR) is 346 cm³/mol. The topological polar surface area (TPSA) is 19.4 Å². The monoisotopic (exact) mass is 1110 g/mol. The van der Waals surface area contributed by atoms with Crippen LogP contribution < -0.4 is 22.8 Å². The molecule has 0 N–H and O–H groups in total. The average molecular weight is 1110 g/mol. The Morgan fingerprint density at radius 2 is 0.720 bits per heavy atom. The molecule has 0 aliphatic heterocycles. The number of aromatic nitrogens is 5. The van der Waals surface area contributed by atoms with E-state index in [9.17, 15) is 0 Å². The second-order valence-electron chi connectivity index (χ2n) is 21.3. The summed E-state index contributed by atoms with van der Waals surface area (Å²) in [7, 11) is 9.62. The molecule has 0 spiro atoms. The number of nitrogens with zero attached hydrogens (tertiary/aromatic N) is 5. The minimum absolute atomic E-state index is 0.274. The summed E-state index contributed by atoms with van der Waals surface area (Å²) in [5.74, 6) is 0. The van der Waals surface area contributed by atoms with Crippen molar-refractivity contribution in [3.05, 3.63) is 265 Å². The number of pyridine rings is 5. The van der Waals surface area contributed by atoms with E-state index in [0.29, 0.717) is 39.1 Å². The van der Waals surface area contributed by atoms with Crippen LogP contribution in [0.4, 0.5) is 0 Å². The number of benzene rings is 5. The van der Waals surface area contributed by atoms with E-state index >= 15 is 0 Å². The van der Waals surface area contributed by atoms with E-state index in [4.69, 9.17) is 28.8 Å². The fraction of sp³-hybridized carbons (Fsp3) is 0.286. The summed E-state index contributed by atoms with van der Waals surface area (Å²) in [5, 5.41) is 0. The zero-order valence-electron chi connectivity index (χ0n) is 71.4. The van der Waals surface area contributed by atoms with Crippen molar-refractivity contribution in [3.63, 3.8) is 0 Å². The molecule has 5 aromatic carbocycles. The smallest absolute Gasteiger partial charge is 0.201 e. The zero-order valence-corrected chi connectivity index (χ0v) is 50.4. The van der Waals surface area contributed by atoms with Crippen molar-refractivity contribution in [2.45, 2.75) is 117 Å². The second kappa shape index (κ2) is 28.0.